The number of anilines is 1. The fourth-order valence-corrected chi connectivity index (χ4v) is 2.70. The SMILES string of the molecule is COCCNCc1ccc(N(C)CC2CCOCC2)cc1. The monoisotopic (exact) mass is 292 g/mol. The molecule has 1 aromatic rings. The van der Waals surface area contributed by atoms with Crippen LogP contribution in [-0.4, -0.2) is 47.1 Å². The highest BCUT2D eigenvalue weighted by Crippen LogP contribution is 2.20. The quantitative estimate of drug-likeness (QED) is 0.745. The Bertz CT molecular complexity index is 388. The number of hydrogen-bond donors (Lipinski definition) is 1. The lowest BCUT2D eigenvalue weighted by Gasteiger charge is -2.28. The number of rotatable bonds is 8. The lowest BCUT2D eigenvalue weighted by Crippen LogP contribution is -2.29. The molecule has 21 heavy (non-hydrogen) atoms. The molecule has 4 heteroatoms. The summed E-state index contributed by atoms with van der Waals surface area (Å²) < 4.78 is 10.4. The van der Waals surface area contributed by atoms with Crippen LogP contribution < -0.4 is 10.2 Å². The van der Waals surface area contributed by atoms with Gasteiger partial charge in [0.25, 0.3) is 0 Å². The molecule has 0 bridgehead atoms. The molecule has 0 atom stereocenters. The minimum Gasteiger partial charge on any atom is -0.383 e. The standard InChI is InChI=1S/C17H28N2O2/c1-19(14-16-7-10-21-11-8-16)17-5-3-15(4-6-17)13-18-9-12-20-2/h3-6,16,18H,7-14H2,1-2H3. The summed E-state index contributed by atoms with van der Waals surface area (Å²) in [6.07, 6.45) is 2.37. The molecule has 1 aliphatic heterocycles. The van der Waals surface area contributed by atoms with Crippen LogP contribution in [0, 0.1) is 5.92 Å². The highest BCUT2D eigenvalue weighted by Gasteiger charge is 2.15. The van der Waals surface area contributed by atoms with Crippen molar-refractivity contribution in [1.29, 1.82) is 0 Å². The first kappa shape index (κ1) is 16.3. The van der Waals surface area contributed by atoms with Crippen LogP contribution >= 0.6 is 0 Å². The summed E-state index contributed by atoms with van der Waals surface area (Å²) in [5.41, 5.74) is 2.61. The van der Waals surface area contributed by atoms with Crippen LogP contribution in [0.4, 0.5) is 5.69 Å². The van der Waals surface area contributed by atoms with E-state index in [2.05, 4.69) is 41.5 Å². The van der Waals surface area contributed by atoms with Gasteiger partial charge in [-0.1, -0.05) is 12.1 Å². The molecule has 0 aliphatic carbocycles. The van der Waals surface area contributed by atoms with E-state index in [4.69, 9.17) is 9.47 Å². The first-order chi connectivity index (χ1) is 10.3. The van der Waals surface area contributed by atoms with Crippen LogP contribution in [0.5, 0.6) is 0 Å². The maximum Gasteiger partial charge on any atom is 0.0587 e. The minimum atomic E-state index is 0.756. The molecule has 1 aliphatic rings. The Kier molecular flexibility index (Phi) is 7.00. The molecule has 1 fully saturated rings. The van der Waals surface area contributed by atoms with Crippen LogP contribution in [-0.2, 0) is 16.0 Å². The number of benzene rings is 1. The highest BCUT2D eigenvalue weighted by atomic mass is 16.5. The van der Waals surface area contributed by atoms with E-state index in [1.807, 2.05) is 0 Å². The molecule has 2 rings (SSSR count). The predicted molar refractivity (Wildman–Crippen MR) is 86.8 cm³/mol. The summed E-state index contributed by atoms with van der Waals surface area (Å²) in [7, 11) is 3.91. The molecule has 1 N–H and O–H groups in total. The Hall–Kier alpha value is -1.10. The van der Waals surface area contributed by atoms with Crippen molar-refractivity contribution in [3.63, 3.8) is 0 Å². The van der Waals surface area contributed by atoms with E-state index in [0.29, 0.717) is 0 Å². The summed E-state index contributed by atoms with van der Waals surface area (Å²) in [6.45, 7) is 5.51. The molecule has 1 aromatic carbocycles. The lowest BCUT2D eigenvalue weighted by molar-refractivity contribution is 0.0685. The van der Waals surface area contributed by atoms with E-state index in [0.717, 1.165) is 45.4 Å². The van der Waals surface area contributed by atoms with E-state index in [-0.39, 0.29) is 0 Å². The van der Waals surface area contributed by atoms with Crippen LogP contribution in [0.2, 0.25) is 0 Å². The van der Waals surface area contributed by atoms with Gasteiger partial charge in [-0.3, -0.25) is 0 Å². The molecule has 0 spiro atoms. The zero-order valence-electron chi connectivity index (χ0n) is 13.3. The van der Waals surface area contributed by atoms with Crippen molar-refractivity contribution in [2.75, 3.05) is 52.0 Å². The third-order valence-electron chi connectivity index (χ3n) is 4.06. The smallest absolute Gasteiger partial charge is 0.0587 e. The van der Waals surface area contributed by atoms with E-state index in [1.54, 1.807) is 7.11 Å². The van der Waals surface area contributed by atoms with Gasteiger partial charge >= 0.3 is 0 Å². The van der Waals surface area contributed by atoms with Crippen LogP contribution in [0.3, 0.4) is 0 Å². The van der Waals surface area contributed by atoms with Gasteiger partial charge in [0, 0.05) is 52.7 Å². The Morgan fingerprint density at radius 1 is 1.24 bits per heavy atom. The summed E-state index contributed by atoms with van der Waals surface area (Å²) in [6, 6.07) is 8.84. The van der Waals surface area contributed by atoms with Crippen molar-refractivity contribution in [2.24, 2.45) is 5.92 Å². The molecule has 0 radical (unpaired) electrons. The zero-order valence-corrected chi connectivity index (χ0v) is 13.3. The van der Waals surface area contributed by atoms with E-state index in [9.17, 15) is 0 Å². The largest absolute Gasteiger partial charge is 0.383 e. The molecule has 118 valence electrons. The van der Waals surface area contributed by atoms with Crippen molar-refractivity contribution in [1.82, 2.24) is 5.32 Å². The lowest BCUT2D eigenvalue weighted by atomic mass is 9.99. The van der Waals surface area contributed by atoms with Crippen molar-refractivity contribution < 1.29 is 9.47 Å². The van der Waals surface area contributed by atoms with Gasteiger partial charge in [0.1, 0.15) is 0 Å². The van der Waals surface area contributed by atoms with Crippen molar-refractivity contribution in [3.05, 3.63) is 29.8 Å². The molecule has 0 amide bonds. The Morgan fingerprint density at radius 3 is 2.62 bits per heavy atom. The fourth-order valence-electron chi connectivity index (χ4n) is 2.70. The maximum atomic E-state index is 5.42. The van der Waals surface area contributed by atoms with Gasteiger partial charge in [-0.05, 0) is 36.5 Å². The van der Waals surface area contributed by atoms with Crippen molar-refractivity contribution in [3.8, 4) is 0 Å². The minimum absolute atomic E-state index is 0.756. The van der Waals surface area contributed by atoms with Crippen LogP contribution in [0.25, 0.3) is 0 Å². The third-order valence-corrected chi connectivity index (χ3v) is 4.06. The first-order valence-electron chi connectivity index (χ1n) is 7.87. The predicted octanol–water partition coefficient (Wildman–Crippen LogP) is 2.29. The Labute approximate surface area is 128 Å². The van der Waals surface area contributed by atoms with Gasteiger partial charge in [-0.15, -0.1) is 0 Å². The Morgan fingerprint density at radius 2 is 1.95 bits per heavy atom. The van der Waals surface area contributed by atoms with Crippen LogP contribution in [0.1, 0.15) is 18.4 Å². The topological polar surface area (TPSA) is 33.7 Å². The van der Waals surface area contributed by atoms with Gasteiger partial charge in [0.15, 0.2) is 0 Å². The number of methoxy groups -OCH3 is 1. The summed E-state index contributed by atoms with van der Waals surface area (Å²) in [4.78, 5) is 2.36. The molecule has 4 nitrogen and oxygen atoms in total. The van der Waals surface area contributed by atoms with E-state index in [1.165, 1.54) is 24.1 Å². The maximum absolute atomic E-state index is 5.42. The molecule has 0 unspecified atom stereocenters. The molecular weight excluding hydrogens is 264 g/mol. The van der Waals surface area contributed by atoms with Gasteiger partial charge in [0.2, 0.25) is 0 Å². The second-order valence-electron chi connectivity index (χ2n) is 5.77. The van der Waals surface area contributed by atoms with Gasteiger partial charge in [-0.2, -0.15) is 0 Å². The molecular formula is C17H28N2O2. The summed E-state index contributed by atoms with van der Waals surface area (Å²) in [5.74, 6) is 0.763. The second-order valence-corrected chi connectivity index (χ2v) is 5.77. The summed E-state index contributed by atoms with van der Waals surface area (Å²) in [5, 5.41) is 3.36. The van der Waals surface area contributed by atoms with Crippen molar-refractivity contribution in [2.45, 2.75) is 19.4 Å². The normalized spacial score (nSPS) is 16.1. The first-order valence-corrected chi connectivity index (χ1v) is 7.87. The van der Waals surface area contributed by atoms with Crippen LogP contribution in [0.15, 0.2) is 24.3 Å². The third kappa shape index (κ3) is 5.65. The van der Waals surface area contributed by atoms with Gasteiger partial charge in [0.05, 0.1) is 6.61 Å². The summed E-state index contributed by atoms with van der Waals surface area (Å²) >= 11 is 0. The fraction of sp³-hybridized carbons (Fsp3) is 0.647. The van der Waals surface area contributed by atoms with Gasteiger partial charge in [-0.25, -0.2) is 0 Å². The number of nitrogens with one attached hydrogen (secondary N) is 1. The average molecular weight is 292 g/mol. The molecule has 1 heterocycles. The Balaban J connectivity index is 1.77. The number of nitrogens with zero attached hydrogens (tertiary/aromatic N) is 1. The number of ether oxygens (including phenoxy) is 2. The highest BCUT2D eigenvalue weighted by molar-refractivity contribution is 5.46. The van der Waals surface area contributed by atoms with E-state index < -0.39 is 0 Å². The van der Waals surface area contributed by atoms with Gasteiger partial charge < -0.3 is 19.7 Å². The average Bonchev–Trinajstić information content (AvgIpc) is 2.53. The molecule has 1 saturated heterocycles. The van der Waals surface area contributed by atoms with E-state index >= 15 is 0 Å². The number of hydrogen-bond acceptors (Lipinski definition) is 4. The molecule has 0 aromatic heterocycles. The van der Waals surface area contributed by atoms with Crippen molar-refractivity contribution >= 4 is 5.69 Å². The zero-order chi connectivity index (χ0) is 14.9. The second kappa shape index (κ2) is 9.03. The molecule has 0 saturated carbocycles.